The molecule has 2 rings (SSSR count). The van der Waals surface area contributed by atoms with Gasteiger partial charge in [-0.25, -0.2) is 0 Å². The van der Waals surface area contributed by atoms with Crippen LogP contribution >= 0.6 is 0 Å². The molecule has 2 aromatic carbocycles. The van der Waals surface area contributed by atoms with Crippen molar-refractivity contribution in [1.82, 2.24) is 0 Å². The number of aliphatic hydroxyl groups is 1. The highest BCUT2D eigenvalue weighted by atomic mass is 16.4. The molecule has 0 bridgehead atoms. The second-order valence-corrected chi connectivity index (χ2v) is 5.36. The predicted molar refractivity (Wildman–Crippen MR) is 83.2 cm³/mol. The Morgan fingerprint density at radius 1 is 1.10 bits per heavy atom. The van der Waals surface area contributed by atoms with Gasteiger partial charge in [0.05, 0.1) is 12.5 Å². The maximum absolute atomic E-state index is 10.5. The van der Waals surface area contributed by atoms with Crippen LogP contribution in [0.25, 0.3) is 11.1 Å². The van der Waals surface area contributed by atoms with Gasteiger partial charge in [0.25, 0.3) is 0 Å². The summed E-state index contributed by atoms with van der Waals surface area (Å²) in [6.07, 6.45) is 0.180. The molecule has 3 nitrogen and oxygen atoms in total. The number of aryl methyl sites for hydroxylation is 2. The van der Waals surface area contributed by atoms with E-state index in [1.165, 1.54) is 11.1 Å². The van der Waals surface area contributed by atoms with Gasteiger partial charge in [0.15, 0.2) is 0 Å². The lowest BCUT2D eigenvalue weighted by Crippen LogP contribution is -2.13. The van der Waals surface area contributed by atoms with Crippen LogP contribution in [0.5, 0.6) is 0 Å². The van der Waals surface area contributed by atoms with E-state index in [0.29, 0.717) is 12.8 Å². The lowest BCUT2D eigenvalue weighted by Gasteiger charge is -2.08. The first-order valence-corrected chi connectivity index (χ1v) is 7.10. The van der Waals surface area contributed by atoms with Gasteiger partial charge in [-0.2, -0.15) is 0 Å². The topological polar surface area (TPSA) is 57.5 Å². The Kier molecular flexibility index (Phi) is 5.12. The molecular formula is C18H20O3. The Bertz CT molecular complexity index is 602. The lowest BCUT2D eigenvalue weighted by atomic mass is 9.99. The molecule has 0 aromatic heterocycles. The van der Waals surface area contributed by atoms with E-state index < -0.39 is 12.1 Å². The van der Waals surface area contributed by atoms with Crippen molar-refractivity contribution in [1.29, 1.82) is 0 Å². The van der Waals surface area contributed by atoms with Crippen molar-refractivity contribution in [2.24, 2.45) is 0 Å². The van der Waals surface area contributed by atoms with Crippen molar-refractivity contribution in [3.05, 3.63) is 59.7 Å². The van der Waals surface area contributed by atoms with Gasteiger partial charge in [0.1, 0.15) is 0 Å². The summed E-state index contributed by atoms with van der Waals surface area (Å²) in [5.41, 5.74) is 4.69. The number of carbonyl (C=O) groups is 1. The van der Waals surface area contributed by atoms with Gasteiger partial charge < -0.3 is 10.2 Å². The molecule has 110 valence electrons. The van der Waals surface area contributed by atoms with Crippen molar-refractivity contribution in [3.63, 3.8) is 0 Å². The van der Waals surface area contributed by atoms with Crippen molar-refractivity contribution in [2.75, 3.05) is 0 Å². The highest BCUT2D eigenvalue weighted by Crippen LogP contribution is 2.21. The van der Waals surface area contributed by atoms with E-state index in [-0.39, 0.29) is 6.42 Å². The van der Waals surface area contributed by atoms with Crippen LogP contribution in [0.2, 0.25) is 0 Å². The van der Waals surface area contributed by atoms with Crippen LogP contribution in [0.1, 0.15) is 24.0 Å². The molecular weight excluding hydrogens is 264 g/mol. The zero-order valence-electron chi connectivity index (χ0n) is 12.1. The summed E-state index contributed by atoms with van der Waals surface area (Å²) in [5, 5.41) is 18.2. The molecule has 1 unspecified atom stereocenters. The molecule has 3 heteroatoms. The van der Waals surface area contributed by atoms with Crippen molar-refractivity contribution < 1.29 is 15.0 Å². The molecule has 0 heterocycles. The minimum absolute atomic E-state index is 0.193. The van der Waals surface area contributed by atoms with Gasteiger partial charge in [-0.1, -0.05) is 54.1 Å². The van der Waals surface area contributed by atoms with Crippen LogP contribution in [-0.2, 0) is 11.2 Å². The summed E-state index contributed by atoms with van der Waals surface area (Å²) in [7, 11) is 0. The molecule has 0 amide bonds. The normalized spacial score (nSPS) is 12.1. The highest BCUT2D eigenvalue weighted by molar-refractivity contribution is 5.67. The second kappa shape index (κ2) is 7.04. The maximum atomic E-state index is 10.5. The number of hydrogen-bond donors (Lipinski definition) is 2. The molecule has 0 saturated heterocycles. The fraction of sp³-hybridized carbons (Fsp3) is 0.278. The third kappa shape index (κ3) is 4.72. The monoisotopic (exact) mass is 284 g/mol. The number of benzene rings is 2. The lowest BCUT2D eigenvalue weighted by molar-refractivity contribution is -0.139. The summed E-state index contributed by atoms with van der Waals surface area (Å²) in [6, 6.07) is 16.5. The van der Waals surface area contributed by atoms with Crippen LogP contribution in [0.4, 0.5) is 0 Å². The Morgan fingerprint density at radius 2 is 1.81 bits per heavy atom. The molecule has 0 saturated carbocycles. The Hall–Kier alpha value is -2.13. The summed E-state index contributed by atoms with van der Waals surface area (Å²) < 4.78 is 0. The van der Waals surface area contributed by atoms with Crippen LogP contribution in [0.15, 0.2) is 48.5 Å². The maximum Gasteiger partial charge on any atom is 0.305 e. The van der Waals surface area contributed by atoms with E-state index in [2.05, 4.69) is 37.3 Å². The fourth-order valence-corrected chi connectivity index (χ4v) is 2.33. The summed E-state index contributed by atoms with van der Waals surface area (Å²) in [4.78, 5) is 10.5. The van der Waals surface area contributed by atoms with E-state index in [1.54, 1.807) is 0 Å². The molecule has 0 radical (unpaired) electrons. The number of hydrogen-bond acceptors (Lipinski definition) is 2. The standard InChI is InChI=1S/C18H20O3/c1-13-3-2-4-16(11-13)15-8-5-14(6-9-15)7-10-17(19)12-18(20)21/h2-6,8-9,11,17,19H,7,10,12H2,1H3,(H,20,21). The number of aliphatic hydroxyl groups excluding tert-OH is 1. The first-order chi connectivity index (χ1) is 10.0. The minimum Gasteiger partial charge on any atom is -0.481 e. The largest absolute Gasteiger partial charge is 0.481 e. The highest BCUT2D eigenvalue weighted by Gasteiger charge is 2.09. The first-order valence-electron chi connectivity index (χ1n) is 7.10. The van der Waals surface area contributed by atoms with E-state index in [0.717, 1.165) is 11.1 Å². The number of aliphatic carboxylic acids is 1. The van der Waals surface area contributed by atoms with Gasteiger partial charge in [-0.3, -0.25) is 4.79 Å². The minimum atomic E-state index is -0.961. The molecule has 0 aliphatic heterocycles. The van der Waals surface area contributed by atoms with Crippen molar-refractivity contribution >= 4 is 5.97 Å². The fourth-order valence-electron chi connectivity index (χ4n) is 2.33. The second-order valence-electron chi connectivity index (χ2n) is 5.36. The van der Waals surface area contributed by atoms with E-state index >= 15 is 0 Å². The summed E-state index contributed by atoms with van der Waals surface area (Å²) in [5.74, 6) is -0.961. The molecule has 0 spiro atoms. The molecule has 0 fully saturated rings. The average Bonchev–Trinajstić information content (AvgIpc) is 2.45. The smallest absolute Gasteiger partial charge is 0.305 e. The SMILES string of the molecule is Cc1cccc(-c2ccc(CCC(O)CC(=O)O)cc2)c1. The van der Waals surface area contributed by atoms with E-state index in [1.807, 2.05) is 18.2 Å². The van der Waals surface area contributed by atoms with Gasteiger partial charge in [-0.05, 0) is 36.5 Å². The molecule has 21 heavy (non-hydrogen) atoms. The van der Waals surface area contributed by atoms with Crippen LogP contribution < -0.4 is 0 Å². The average molecular weight is 284 g/mol. The summed E-state index contributed by atoms with van der Waals surface area (Å²) in [6.45, 7) is 2.07. The molecule has 0 aliphatic rings. The predicted octanol–water partition coefficient (Wildman–Crippen LogP) is 3.43. The number of carboxylic acid groups (broad SMARTS) is 1. The third-order valence-electron chi connectivity index (χ3n) is 3.48. The van der Waals surface area contributed by atoms with Gasteiger partial charge >= 0.3 is 5.97 Å². The van der Waals surface area contributed by atoms with Crippen molar-refractivity contribution in [3.8, 4) is 11.1 Å². The molecule has 0 aliphatic carbocycles. The van der Waals surface area contributed by atoms with Gasteiger partial charge in [0, 0.05) is 0 Å². The van der Waals surface area contributed by atoms with Crippen molar-refractivity contribution in [2.45, 2.75) is 32.3 Å². The third-order valence-corrected chi connectivity index (χ3v) is 3.48. The van der Waals surface area contributed by atoms with E-state index in [4.69, 9.17) is 5.11 Å². The Morgan fingerprint density at radius 3 is 2.43 bits per heavy atom. The molecule has 2 N–H and O–H groups in total. The zero-order chi connectivity index (χ0) is 15.2. The van der Waals surface area contributed by atoms with Gasteiger partial charge in [-0.15, -0.1) is 0 Å². The zero-order valence-corrected chi connectivity index (χ0v) is 12.1. The molecule has 2 aromatic rings. The Balaban J connectivity index is 1.97. The number of rotatable bonds is 6. The van der Waals surface area contributed by atoms with Crippen LogP contribution in [0.3, 0.4) is 0 Å². The van der Waals surface area contributed by atoms with Crippen LogP contribution in [-0.4, -0.2) is 22.3 Å². The first kappa shape index (κ1) is 15.3. The quantitative estimate of drug-likeness (QED) is 0.854. The number of carboxylic acids is 1. The van der Waals surface area contributed by atoms with Gasteiger partial charge in [0.2, 0.25) is 0 Å². The Labute approximate surface area is 124 Å². The van der Waals surface area contributed by atoms with Crippen LogP contribution in [0, 0.1) is 6.92 Å². The summed E-state index contributed by atoms with van der Waals surface area (Å²) >= 11 is 0. The van der Waals surface area contributed by atoms with E-state index in [9.17, 15) is 9.90 Å². The molecule has 1 atom stereocenters.